The summed E-state index contributed by atoms with van der Waals surface area (Å²) >= 11 is 2.25. The van der Waals surface area contributed by atoms with E-state index < -0.39 is 0 Å². The molecule has 0 amide bonds. The molecule has 1 unspecified atom stereocenters. The SMILES string of the molecule is Cc1cc(C)cc(C(C)n2nc(C)c(I)c2N)c1. The number of halogens is 1. The molecule has 0 spiro atoms. The zero-order valence-electron chi connectivity index (χ0n) is 11.2. The van der Waals surface area contributed by atoms with Crippen molar-refractivity contribution in [3.8, 4) is 0 Å². The quantitative estimate of drug-likeness (QED) is 0.837. The van der Waals surface area contributed by atoms with E-state index in [4.69, 9.17) is 5.73 Å². The maximum Gasteiger partial charge on any atom is 0.136 e. The number of rotatable bonds is 2. The van der Waals surface area contributed by atoms with Gasteiger partial charge in [0.05, 0.1) is 15.3 Å². The molecule has 0 saturated heterocycles. The van der Waals surface area contributed by atoms with Crippen LogP contribution in [0, 0.1) is 24.3 Å². The predicted octanol–water partition coefficient (Wildman–Crippen LogP) is 3.60. The van der Waals surface area contributed by atoms with Gasteiger partial charge in [-0.05, 0) is 55.8 Å². The van der Waals surface area contributed by atoms with Crippen LogP contribution in [-0.4, -0.2) is 9.78 Å². The van der Waals surface area contributed by atoms with E-state index in [-0.39, 0.29) is 6.04 Å². The molecule has 1 aromatic heterocycles. The fourth-order valence-electron chi connectivity index (χ4n) is 2.23. The number of nitrogen functional groups attached to an aromatic ring is 1. The highest BCUT2D eigenvalue weighted by atomic mass is 127. The summed E-state index contributed by atoms with van der Waals surface area (Å²) in [6, 6.07) is 6.73. The lowest BCUT2D eigenvalue weighted by atomic mass is 10.0. The van der Waals surface area contributed by atoms with Crippen LogP contribution in [0.4, 0.5) is 5.82 Å². The Labute approximate surface area is 122 Å². The van der Waals surface area contributed by atoms with Crippen molar-refractivity contribution >= 4 is 28.4 Å². The van der Waals surface area contributed by atoms with E-state index in [1.165, 1.54) is 16.7 Å². The molecule has 0 aliphatic heterocycles. The van der Waals surface area contributed by atoms with Crippen LogP contribution in [0.25, 0.3) is 0 Å². The van der Waals surface area contributed by atoms with Gasteiger partial charge >= 0.3 is 0 Å². The summed E-state index contributed by atoms with van der Waals surface area (Å²) in [5.74, 6) is 0.750. The molecular weight excluding hydrogens is 337 g/mol. The standard InChI is InChI=1S/C14H18IN3/c1-8-5-9(2)7-12(6-8)11(4)18-14(16)13(15)10(3)17-18/h5-7,11H,16H2,1-4H3. The number of nitrogens with two attached hydrogens (primary N) is 1. The maximum atomic E-state index is 6.11. The first kappa shape index (κ1) is 13.4. The Morgan fingerprint density at radius 1 is 1.17 bits per heavy atom. The molecule has 0 saturated carbocycles. The highest BCUT2D eigenvalue weighted by Crippen LogP contribution is 2.26. The first-order chi connectivity index (χ1) is 8.40. The van der Waals surface area contributed by atoms with Crippen LogP contribution >= 0.6 is 22.6 Å². The van der Waals surface area contributed by atoms with E-state index in [2.05, 4.69) is 66.7 Å². The van der Waals surface area contributed by atoms with Crippen molar-refractivity contribution in [2.45, 2.75) is 33.7 Å². The van der Waals surface area contributed by atoms with Gasteiger partial charge < -0.3 is 5.73 Å². The third-order valence-electron chi connectivity index (χ3n) is 3.14. The smallest absolute Gasteiger partial charge is 0.136 e. The zero-order valence-corrected chi connectivity index (χ0v) is 13.3. The Morgan fingerprint density at radius 2 is 1.72 bits per heavy atom. The first-order valence-corrected chi connectivity index (χ1v) is 7.06. The number of nitrogens with zero attached hydrogens (tertiary/aromatic N) is 2. The molecule has 0 radical (unpaired) electrons. The Hall–Kier alpha value is -1.04. The molecule has 2 N–H and O–H groups in total. The highest BCUT2D eigenvalue weighted by Gasteiger charge is 2.16. The normalized spacial score (nSPS) is 12.7. The number of aromatic nitrogens is 2. The van der Waals surface area contributed by atoms with Gasteiger partial charge in [0.2, 0.25) is 0 Å². The van der Waals surface area contributed by atoms with Crippen LogP contribution < -0.4 is 5.73 Å². The van der Waals surface area contributed by atoms with Gasteiger partial charge in [-0.2, -0.15) is 5.10 Å². The summed E-state index contributed by atoms with van der Waals surface area (Å²) in [4.78, 5) is 0. The largest absolute Gasteiger partial charge is 0.383 e. The Morgan fingerprint density at radius 3 is 2.17 bits per heavy atom. The summed E-state index contributed by atoms with van der Waals surface area (Å²) in [7, 11) is 0. The minimum absolute atomic E-state index is 0.158. The van der Waals surface area contributed by atoms with E-state index >= 15 is 0 Å². The van der Waals surface area contributed by atoms with Crippen LogP contribution in [0.1, 0.15) is 35.3 Å². The second-order valence-electron chi connectivity index (χ2n) is 4.83. The maximum absolute atomic E-state index is 6.11. The minimum Gasteiger partial charge on any atom is -0.383 e. The number of anilines is 1. The van der Waals surface area contributed by atoms with Crippen molar-refractivity contribution in [1.82, 2.24) is 9.78 Å². The Kier molecular flexibility index (Phi) is 3.66. The lowest BCUT2D eigenvalue weighted by molar-refractivity contribution is 0.568. The van der Waals surface area contributed by atoms with Crippen molar-refractivity contribution in [2.24, 2.45) is 0 Å². The van der Waals surface area contributed by atoms with Crippen LogP contribution in [0.2, 0.25) is 0 Å². The average Bonchev–Trinajstić information content (AvgIpc) is 2.55. The molecule has 96 valence electrons. The predicted molar refractivity (Wildman–Crippen MR) is 83.8 cm³/mol. The van der Waals surface area contributed by atoms with Gasteiger partial charge in [-0.3, -0.25) is 0 Å². The molecule has 0 fully saturated rings. The highest BCUT2D eigenvalue weighted by molar-refractivity contribution is 14.1. The topological polar surface area (TPSA) is 43.8 Å². The summed E-state index contributed by atoms with van der Waals surface area (Å²) in [6.07, 6.45) is 0. The molecular formula is C14H18IN3. The monoisotopic (exact) mass is 355 g/mol. The van der Waals surface area contributed by atoms with E-state index in [0.29, 0.717) is 0 Å². The van der Waals surface area contributed by atoms with Gasteiger partial charge in [-0.15, -0.1) is 0 Å². The Balaban J connectivity index is 2.47. The van der Waals surface area contributed by atoms with E-state index in [9.17, 15) is 0 Å². The van der Waals surface area contributed by atoms with E-state index in [1.54, 1.807) is 0 Å². The molecule has 2 rings (SSSR count). The molecule has 4 heteroatoms. The molecule has 1 aromatic carbocycles. The lowest BCUT2D eigenvalue weighted by Gasteiger charge is -2.16. The molecule has 0 aliphatic rings. The van der Waals surface area contributed by atoms with Crippen LogP contribution in [0.5, 0.6) is 0 Å². The second kappa shape index (κ2) is 4.91. The fraction of sp³-hybridized carbons (Fsp3) is 0.357. The second-order valence-corrected chi connectivity index (χ2v) is 5.90. The molecule has 3 nitrogen and oxygen atoms in total. The summed E-state index contributed by atoms with van der Waals surface area (Å²) in [5, 5.41) is 4.53. The van der Waals surface area contributed by atoms with E-state index in [1.807, 2.05) is 11.6 Å². The minimum atomic E-state index is 0.158. The zero-order chi connectivity index (χ0) is 13.4. The molecule has 2 aromatic rings. The molecule has 0 aliphatic carbocycles. The van der Waals surface area contributed by atoms with E-state index in [0.717, 1.165) is 15.1 Å². The molecule has 18 heavy (non-hydrogen) atoms. The van der Waals surface area contributed by atoms with Gasteiger partial charge in [0, 0.05) is 0 Å². The van der Waals surface area contributed by atoms with Gasteiger partial charge in [-0.25, -0.2) is 4.68 Å². The van der Waals surface area contributed by atoms with Gasteiger partial charge in [-0.1, -0.05) is 29.3 Å². The van der Waals surface area contributed by atoms with Crippen molar-refractivity contribution in [2.75, 3.05) is 5.73 Å². The van der Waals surface area contributed by atoms with Crippen LogP contribution in [-0.2, 0) is 0 Å². The molecule has 1 atom stereocenters. The summed E-state index contributed by atoms with van der Waals surface area (Å²) in [6.45, 7) is 8.35. The fourth-order valence-corrected chi connectivity index (χ4v) is 2.59. The van der Waals surface area contributed by atoms with Gasteiger partial charge in [0.1, 0.15) is 5.82 Å². The van der Waals surface area contributed by atoms with Crippen molar-refractivity contribution < 1.29 is 0 Å². The van der Waals surface area contributed by atoms with Crippen molar-refractivity contribution in [3.63, 3.8) is 0 Å². The lowest BCUT2D eigenvalue weighted by Crippen LogP contribution is -2.12. The number of hydrogen-bond acceptors (Lipinski definition) is 2. The number of benzene rings is 1. The Bertz CT molecular complexity index is 567. The number of hydrogen-bond donors (Lipinski definition) is 1. The summed E-state index contributed by atoms with van der Waals surface area (Å²) < 4.78 is 2.95. The molecule has 1 heterocycles. The van der Waals surface area contributed by atoms with Crippen molar-refractivity contribution in [1.29, 1.82) is 0 Å². The third-order valence-corrected chi connectivity index (χ3v) is 4.47. The first-order valence-electron chi connectivity index (χ1n) is 5.98. The van der Waals surface area contributed by atoms with Crippen LogP contribution in [0.3, 0.4) is 0 Å². The van der Waals surface area contributed by atoms with Crippen LogP contribution in [0.15, 0.2) is 18.2 Å². The van der Waals surface area contributed by atoms with Gasteiger partial charge in [0.15, 0.2) is 0 Å². The van der Waals surface area contributed by atoms with Gasteiger partial charge in [0.25, 0.3) is 0 Å². The summed E-state index contributed by atoms with van der Waals surface area (Å²) in [5.41, 5.74) is 10.9. The third kappa shape index (κ3) is 2.39. The van der Waals surface area contributed by atoms with Crippen molar-refractivity contribution in [3.05, 3.63) is 44.2 Å². The average molecular weight is 355 g/mol. The molecule has 0 bridgehead atoms. The number of aryl methyl sites for hydroxylation is 3.